The Labute approximate surface area is 158 Å². The number of carbonyl (C=O) groups excluding carboxylic acids is 1. The molecule has 1 fully saturated rings. The molecule has 1 amide bonds. The van der Waals surface area contributed by atoms with Crippen LogP contribution in [-0.2, 0) is 10.0 Å². The van der Waals surface area contributed by atoms with E-state index in [0.29, 0.717) is 41.6 Å². The quantitative estimate of drug-likeness (QED) is 0.767. The van der Waals surface area contributed by atoms with Gasteiger partial charge in [0.15, 0.2) is 5.13 Å². The molecule has 0 aliphatic carbocycles. The summed E-state index contributed by atoms with van der Waals surface area (Å²) in [5.74, 6) is -0.324. The largest absolute Gasteiger partial charge is 0.368 e. The summed E-state index contributed by atoms with van der Waals surface area (Å²) >= 11 is 4.55. The first-order valence-corrected chi connectivity index (χ1v) is 10.9. The van der Waals surface area contributed by atoms with E-state index in [0.717, 1.165) is 5.69 Å². The Hall–Kier alpha value is -1.56. The van der Waals surface area contributed by atoms with E-state index in [1.807, 2.05) is 11.0 Å². The van der Waals surface area contributed by atoms with Crippen molar-refractivity contribution in [2.24, 2.45) is 0 Å². The molecule has 1 saturated heterocycles. The lowest BCUT2D eigenvalue weighted by molar-refractivity contribution is 0.102. The Morgan fingerprint density at radius 2 is 2.00 bits per heavy atom. The summed E-state index contributed by atoms with van der Waals surface area (Å²) in [7, 11) is -3.15. The number of nitrogens with zero attached hydrogens (tertiary/aromatic N) is 4. The van der Waals surface area contributed by atoms with Gasteiger partial charge in [-0.15, -0.1) is 11.3 Å². The van der Waals surface area contributed by atoms with Crippen LogP contribution in [0.2, 0.25) is 0 Å². The third kappa shape index (κ3) is 4.54. The molecule has 0 bridgehead atoms. The summed E-state index contributed by atoms with van der Waals surface area (Å²) in [6, 6.07) is 3.46. The number of amides is 1. The molecule has 1 aliphatic rings. The van der Waals surface area contributed by atoms with Crippen molar-refractivity contribution in [1.82, 2.24) is 14.3 Å². The SMILES string of the molecule is CS(=O)(=O)N1CCN(c2ccc(C(=O)Nc3nc(Br)cs3)nc2)CC1. The number of thiazole rings is 1. The minimum atomic E-state index is -3.15. The first-order valence-electron chi connectivity index (χ1n) is 7.41. The van der Waals surface area contributed by atoms with Crippen LogP contribution < -0.4 is 10.2 Å². The molecule has 134 valence electrons. The minimum Gasteiger partial charge on any atom is -0.368 e. The van der Waals surface area contributed by atoms with E-state index in [-0.39, 0.29) is 5.91 Å². The monoisotopic (exact) mass is 445 g/mol. The van der Waals surface area contributed by atoms with Gasteiger partial charge >= 0.3 is 0 Å². The average Bonchev–Trinajstić information content (AvgIpc) is 2.99. The molecule has 1 aliphatic heterocycles. The fraction of sp³-hybridized carbons (Fsp3) is 0.357. The molecule has 0 atom stereocenters. The molecule has 3 rings (SSSR count). The zero-order valence-electron chi connectivity index (χ0n) is 13.3. The zero-order chi connectivity index (χ0) is 18.0. The van der Waals surface area contributed by atoms with E-state index >= 15 is 0 Å². The number of hydrogen-bond acceptors (Lipinski definition) is 7. The second-order valence-corrected chi connectivity index (χ2v) is 9.13. The van der Waals surface area contributed by atoms with Crippen LogP contribution in [0.15, 0.2) is 28.3 Å². The van der Waals surface area contributed by atoms with E-state index in [1.54, 1.807) is 17.6 Å². The molecule has 2 aromatic rings. The van der Waals surface area contributed by atoms with Gasteiger partial charge in [0.2, 0.25) is 10.0 Å². The van der Waals surface area contributed by atoms with Crippen molar-refractivity contribution in [3.8, 4) is 0 Å². The first-order chi connectivity index (χ1) is 11.8. The maximum absolute atomic E-state index is 12.2. The fourth-order valence-electron chi connectivity index (χ4n) is 2.46. The van der Waals surface area contributed by atoms with Crippen molar-refractivity contribution < 1.29 is 13.2 Å². The molecule has 0 aromatic carbocycles. The van der Waals surface area contributed by atoms with Gasteiger partial charge in [0.1, 0.15) is 10.3 Å². The second kappa shape index (κ2) is 7.36. The predicted octanol–water partition coefficient (Wildman–Crippen LogP) is 1.63. The maximum atomic E-state index is 12.2. The molecule has 0 unspecified atom stereocenters. The Bertz CT molecular complexity index is 861. The normalized spacial score (nSPS) is 16.0. The number of rotatable bonds is 4. The topological polar surface area (TPSA) is 95.5 Å². The molecule has 0 spiro atoms. The van der Waals surface area contributed by atoms with E-state index in [4.69, 9.17) is 0 Å². The molecular formula is C14H16BrN5O3S2. The van der Waals surface area contributed by atoms with Crippen molar-refractivity contribution in [3.05, 3.63) is 34.0 Å². The molecule has 25 heavy (non-hydrogen) atoms. The smallest absolute Gasteiger partial charge is 0.276 e. The Balaban J connectivity index is 1.62. The van der Waals surface area contributed by atoms with Gasteiger partial charge in [-0.1, -0.05) is 0 Å². The van der Waals surface area contributed by atoms with Crippen LogP contribution in [0.25, 0.3) is 0 Å². The third-order valence-corrected chi connectivity index (χ3v) is 6.52. The van der Waals surface area contributed by atoms with Crippen LogP contribution in [0.5, 0.6) is 0 Å². The third-order valence-electron chi connectivity index (χ3n) is 3.75. The Morgan fingerprint density at radius 3 is 2.52 bits per heavy atom. The standard InChI is InChI=1S/C14H16BrN5O3S2/c1-25(22,23)20-6-4-19(5-7-20)10-2-3-11(16-8-10)13(21)18-14-17-12(15)9-24-14/h2-3,8-9H,4-7H2,1H3,(H,17,18,21). The minimum absolute atomic E-state index is 0.296. The Morgan fingerprint density at radius 1 is 1.28 bits per heavy atom. The van der Waals surface area contributed by atoms with Crippen molar-refractivity contribution in [3.63, 3.8) is 0 Å². The predicted molar refractivity (Wildman–Crippen MR) is 101 cm³/mol. The number of carbonyl (C=O) groups is 1. The van der Waals surface area contributed by atoms with Crippen LogP contribution in [0.3, 0.4) is 0 Å². The molecule has 11 heteroatoms. The van der Waals surface area contributed by atoms with E-state index < -0.39 is 10.0 Å². The summed E-state index contributed by atoms with van der Waals surface area (Å²) in [5.41, 5.74) is 1.16. The van der Waals surface area contributed by atoms with E-state index in [9.17, 15) is 13.2 Å². The summed E-state index contributed by atoms with van der Waals surface area (Å²) < 4.78 is 25.2. The number of nitrogens with one attached hydrogen (secondary N) is 1. The highest BCUT2D eigenvalue weighted by atomic mass is 79.9. The highest BCUT2D eigenvalue weighted by molar-refractivity contribution is 9.10. The molecule has 3 heterocycles. The lowest BCUT2D eigenvalue weighted by Gasteiger charge is -2.34. The molecule has 1 N–H and O–H groups in total. The summed E-state index contributed by atoms with van der Waals surface area (Å²) in [6.07, 6.45) is 2.85. The van der Waals surface area contributed by atoms with Gasteiger partial charge in [-0.3, -0.25) is 10.1 Å². The zero-order valence-corrected chi connectivity index (χ0v) is 16.6. The number of anilines is 2. The average molecular weight is 446 g/mol. The number of hydrogen-bond donors (Lipinski definition) is 1. The van der Waals surface area contributed by atoms with Crippen molar-refractivity contribution in [2.45, 2.75) is 0 Å². The van der Waals surface area contributed by atoms with Gasteiger partial charge in [0.25, 0.3) is 5.91 Å². The lowest BCUT2D eigenvalue weighted by Crippen LogP contribution is -2.48. The van der Waals surface area contributed by atoms with Crippen molar-refractivity contribution in [2.75, 3.05) is 42.7 Å². The van der Waals surface area contributed by atoms with Gasteiger partial charge in [-0.25, -0.2) is 18.4 Å². The highest BCUT2D eigenvalue weighted by Gasteiger charge is 2.23. The van der Waals surface area contributed by atoms with Crippen molar-refractivity contribution >= 4 is 54.0 Å². The number of piperazine rings is 1. The summed E-state index contributed by atoms with van der Waals surface area (Å²) in [5, 5.41) is 4.97. The fourth-order valence-corrected chi connectivity index (χ4v) is 4.42. The van der Waals surface area contributed by atoms with Gasteiger partial charge < -0.3 is 4.90 Å². The number of halogens is 1. The molecular weight excluding hydrogens is 430 g/mol. The summed E-state index contributed by atoms with van der Waals surface area (Å²) in [4.78, 5) is 22.5. The van der Waals surface area contributed by atoms with Gasteiger partial charge in [-0.2, -0.15) is 4.31 Å². The summed E-state index contributed by atoms with van der Waals surface area (Å²) in [6.45, 7) is 2.07. The molecule has 8 nitrogen and oxygen atoms in total. The van der Waals surface area contributed by atoms with Gasteiger partial charge in [0.05, 0.1) is 18.1 Å². The van der Waals surface area contributed by atoms with Crippen LogP contribution in [0.4, 0.5) is 10.8 Å². The lowest BCUT2D eigenvalue weighted by atomic mass is 10.2. The second-order valence-electron chi connectivity index (χ2n) is 5.48. The maximum Gasteiger partial charge on any atom is 0.276 e. The molecule has 2 aromatic heterocycles. The highest BCUT2D eigenvalue weighted by Crippen LogP contribution is 2.21. The van der Waals surface area contributed by atoms with Crippen molar-refractivity contribution in [1.29, 1.82) is 0 Å². The number of aromatic nitrogens is 2. The number of pyridine rings is 1. The van der Waals surface area contributed by atoms with Crippen LogP contribution in [0.1, 0.15) is 10.5 Å². The van der Waals surface area contributed by atoms with E-state index in [1.165, 1.54) is 21.9 Å². The number of sulfonamides is 1. The van der Waals surface area contributed by atoms with Gasteiger partial charge in [0, 0.05) is 31.6 Å². The molecule has 0 radical (unpaired) electrons. The molecule has 0 saturated carbocycles. The first kappa shape index (κ1) is 18.2. The van der Waals surface area contributed by atoms with Crippen LogP contribution in [0, 0.1) is 0 Å². The van der Waals surface area contributed by atoms with Gasteiger partial charge in [-0.05, 0) is 28.1 Å². The van der Waals surface area contributed by atoms with Crippen LogP contribution >= 0.6 is 27.3 Å². The Kier molecular flexibility index (Phi) is 5.37. The van der Waals surface area contributed by atoms with E-state index in [2.05, 4.69) is 31.2 Å². The van der Waals surface area contributed by atoms with Crippen LogP contribution in [-0.4, -0.2) is 61.0 Å².